The Hall–Kier alpha value is -1.32. The maximum Gasteiger partial charge on any atom is 0.307 e. The summed E-state index contributed by atoms with van der Waals surface area (Å²) in [6.45, 7) is 3.82. The van der Waals surface area contributed by atoms with Crippen molar-refractivity contribution in [3.63, 3.8) is 0 Å². The lowest BCUT2D eigenvalue weighted by atomic mass is 9.97. The van der Waals surface area contributed by atoms with Gasteiger partial charge in [0.2, 0.25) is 0 Å². The summed E-state index contributed by atoms with van der Waals surface area (Å²) in [7, 11) is 0. The van der Waals surface area contributed by atoms with Gasteiger partial charge in [-0.05, 0) is 26.2 Å². The van der Waals surface area contributed by atoms with Gasteiger partial charge in [-0.15, -0.1) is 0 Å². The third kappa shape index (κ3) is 3.38. The van der Waals surface area contributed by atoms with Crippen molar-refractivity contribution >= 4 is 11.9 Å². The molecule has 1 aliphatic carbocycles. The molecule has 0 spiro atoms. The summed E-state index contributed by atoms with van der Waals surface area (Å²) < 4.78 is 5.05. The van der Waals surface area contributed by atoms with Gasteiger partial charge in [-0.2, -0.15) is 0 Å². The molecule has 0 aromatic carbocycles. The van der Waals surface area contributed by atoms with Crippen LogP contribution in [0.25, 0.3) is 0 Å². The highest BCUT2D eigenvalue weighted by molar-refractivity contribution is 5.94. The average Bonchev–Trinajstić information content (AvgIpc) is 2.18. The molecule has 84 valence electrons. The van der Waals surface area contributed by atoms with Crippen LogP contribution in [0.1, 0.15) is 39.5 Å². The van der Waals surface area contributed by atoms with E-state index in [1.165, 1.54) is 6.92 Å². The molecular formula is C11H17NO3. The van der Waals surface area contributed by atoms with Gasteiger partial charge >= 0.3 is 5.97 Å². The van der Waals surface area contributed by atoms with Crippen molar-refractivity contribution in [2.45, 2.75) is 39.5 Å². The second kappa shape index (κ2) is 5.53. The summed E-state index contributed by atoms with van der Waals surface area (Å²) in [6.07, 6.45) is 3.35. The number of carbonyl (C=O) groups excluding carboxylic acids is 2. The van der Waals surface area contributed by atoms with Gasteiger partial charge in [0.05, 0.1) is 5.57 Å². The number of esters is 1. The van der Waals surface area contributed by atoms with Crippen LogP contribution in [0.3, 0.4) is 0 Å². The molecule has 15 heavy (non-hydrogen) atoms. The van der Waals surface area contributed by atoms with Gasteiger partial charge in [-0.1, -0.05) is 0 Å². The monoisotopic (exact) mass is 211 g/mol. The zero-order valence-corrected chi connectivity index (χ0v) is 9.26. The minimum Gasteiger partial charge on any atom is -0.431 e. The Labute approximate surface area is 89.7 Å². The minimum absolute atomic E-state index is 0.103. The van der Waals surface area contributed by atoms with E-state index in [1.807, 2.05) is 6.92 Å². The molecule has 4 nitrogen and oxygen atoms in total. The zero-order valence-electron chi connectivity index (χ0n) is 9.26. The summed E-state index contributed by atoms with van der Waals surface area (Å²) in [4.78, 5) is 22.5. The predicted octanol–water partition coefficient (Wildman–Crippen LogP) is 1.51. The van der Waals surface area contributed by atoms with Crippen LogP contribution in [0.5, 0.6) is 0 Å². The van der Waals surface area contributed by atoms with Crippen LogP contribution in [0.15, 0.2) is 11.3 Å². The van der Waals surface area contributed by atoms with Crippen LogP contribution in [-0.2, 0) is 14.3 Å². The van der Waals surface area contributed by atoms with Crippen LogP contribution < -0.4 is 5.32 Å². The molecule has 4 heteroatoms. The van der Waals surface area contributed by atoms with Gasteiger partial charge in [0.1, 0.15) is 5.76 Å². The Morgan fingerprint density at radius 2 is 2.00 bits per heavy atom. The molecule has 0 radical (unpaired) electrons. The fraction of sp³-hybridized carbons (Fsp3) is 0.636. The number of hydrogen-bond donors (Lipinski definition) is 1. The molecule has 0 fully saturated rings. The third-order valence-electron chi connectivity index (χ3n) is 2.30. The molecule has 1 amide bonds. The Kier molecular flexibility index (Phi) is 4.34. The van der Waals surface area contributed by atoms with Gasteiger partial charge < -0.3 is 10.1 Å². The summed E-state index contributed by atoms with van der Waals surface area (Å²) >= 11 is 0. The maximum atomic E-state index is 11.6. The van der Waals surface area contributed by atoms with Gasteiger partial charge in [-0.3, -0.25) is 9.59 Å². The Morgan fingerprint density at radius 1 is 1.33 bits per heavy atom. The summed E-state index contributed by atoms with van der Waals surface area (Å²) in [6, 6.07) is 0. The highest BCUT2D eigenvalue weighted by atomic mass is 16.5. The fourth-order valence-corrected chi connectivity index (χ4v) is 1.67. The SMILES string of the molecule is CCNC(=O)C1=C(OC(C)=O)CCCC1. The van der Waals surface area contributed by atoms with E-state index >= 15 is 0 Å². The van der Waals surface area contributed by atoms with Crippen LogP contribution in [-0.4, -0.2) is 18.4 Å². The molecule has 1 rings (SSSR count). The lowest BCUT2D eigenvalue weighted by Crippen LogP contribution is -2.27. The van der Waals surface area contributed by atoms with Crippen molar-refractivity contribution in [3.05, 3.63) is 11.3 Å². The number of ether oxygens (including phenoxy) is 1. The quantitative estimate of drug-likeness (QED) is 0.720. The molecular weight excluding hydrogens is 194 g/mol. The third-order valence-corrected chi connectivity index (χ3v) is 2.30. The van der Waals surface area contributed by atoms with E-state index in [4.69, 9.17) is 4.74 Å². The molecule has 0 heterocycles. The molecule has 0 aliphatic heterocycles. The number of nitrogens with one attached hydrogen (secondary N) is 1. The normalized spacial score (nSPS) is 16.1. The van der Waals surface area contributed by atoms with Gasteiger partial charge in [0.25, 0.3) is 5.91 Å². The van der Waals surface area contributed by atoms with Crippen molar-refractivity contribution in [2.24, 2.45) is 0 Å². The Balaban J connectivity index is 2.80. The van der Waals surface area contributed by atoms with E-state index < -0.39 is 0 Å². The number of likely N-dealkylation sites (N-methyl/N-ethyl adjacent to an activating group) is 1. The molecule has 1 aliphatic rings. The zero-order chi connectivity index (χ0) is 11.3. The highest BCUT2D eigenvalue weighted by Crippen LogP contribution is 2.25. The number of allylic oxidation sites excluding steroid dienone is 1. The van der Waals surface area contributed by atoms with Crippen LogP contribution in [0.4, 0.5) is 0 Å². The van der Waals surface area contributed by atoms with Crippen molar-refractivity contribution in [1.82, 2.24) is 5.32 Å². The summed E-state index contributed by atoms with van der Waals surface area (Å²) in [5, 5.41) is 2.73. The second-order valence-electron chi connectivity index (χ2n) is 3.56. The average molecular weight is 211 g/mol. The van der Waals surface area contributed by atoms with E-state index in [0.717, 1.165) is 12.8 Å². The molecule has 0 aromatic heterocycles. The number of carbonyl (C=O) groups is 2. The lowest BCUT2D eigenvalue weighted by molar-refractivity contribution is -0.137. The smallest absolute Gasteiger partial charge is 0.307 e. The largest absolute Gasteiger partial charge is 0.431 e. The van der Waals surface area contributed by atoms with Crippen molar-refractivity contribution in [3.8, 4) is 0 Å². The first-order chi connectivity index (χ1) is 7.15. The first kappa shape index (κ1) is 11.8. The first-order valence-electron chi connectivity index (χ1n) is 5.33. The number of hydrogen-bond acceptors (Lipinski definition) is 3. The van der Waals surface area contributed by atoms with E-state index in [0.29, 0.717) is 30.7 Å². The van der Waals surface area contributed by atoms with Crippen LogP contribution >= 0.6 is 0 Å². The molecule has 0 saturated heterocycles. The topological polar surface area (TPSA) is 55.4 Å². The van der Waals surface area contributed by atoms with E-state index in [2.05, 4.69) is 5.32 Å². The molecule has 0 bridgehead atoms. The van der Waals surface area contributed by atoms with Crippen molar-refractivity contribution in [2.75, 3.05) is 6.54 Å². The fourth-order valence-electron chi connectivity index (χ4n) is 1.67. The van der Waals surface area contributed by atoms with Gasteiger partial charge in [-0.25, -0.2) is 0 Å². The van der Waals surface area contributed by atoms with Crippen LogP contribution in [0, 0.1) is 0 Å². The molecule has 1 N–H and O–H groups in total. The van der Waals surface area contributed by atoms with E-state index in [9.17, 15) is 9.59 Å². The minimum atomic E-state index is -0.353. The maximum absolute atomic E-state index is 11.6. The van der Waals surface area contributed by atoms with Crippen molar-refractivity contribution < 1.29 is 14.3 Å². The molecule has 0 aromatic rings. The second-order valence-corrected chi connectivity index (χ2v) is 3.56. The van der Waals surface area contributed by atoms with E-state index in [1.54, 1.807) is 0 Å². The predicted molar refractivity (Wildman–Crippen MR) is 55.9 cm³/mol. The first-order valence-corrected chi connectivity index (χ1v) is 5.33. The summed E-state index contributed by atoms with van der Waals surface area (Å²) in [5.41, 5.74) is 0.637. The van der Waals surface area contributed by atoms with Crippen molar-refractivity contribution in [1.29, 1.82) is 0 Å². The van der Waals surface area contributed by atoms with Crippen LogP contribution in [0.2, 0.25) is 0 Å². The van der Waals surface area contributed by atoms with Gasteiger partial charge in [0.15, 0.2) is 0 Å². The summed E-state index contributed by atoms with van der Waals surface area (Å²) in [5.74, 6) is 0.0989. The molecule has 0 atom stereocenters. The molecule has 0 saturated carbocycles. The van der Waals surface area contributed by atoms with E-state index in [-0.39, 0.29) is 11.9 Å². The highest BCUT2D eigenvalue weighted by Gasteiger charge is 2.20. The Morgan fingerprint density at radius 3 is 2.60 bits per heavy atom. The number of rotatable bonds is 3. The van der Waals surface area contributed by atoms with Gasteiger partial charge in [0, 0.05) is 19.9 Å². The standard InChI is InChI=1S/C11H17NO3/c1-3-12-11(14)9-6-4-5-7-10(9)15-8(2)13/h3-7H2,1-2H3,(H,12,14). The Bertz CT molecular complexity index is 294. The molecule has 0 unspecified atom stereocenters. The lowest BCUT2D eigenvalue weighted by Gasteiger charge is -2.18. The number of amides is 1.